The number of aliphatic carboxylic acids is 1. The van der Waals surface area contributed by atoms with E-state index in [-0.39, 0.29) is 21.7 Å². The largest absolute Gasteiger partial charge is 0.478 e. The summed E-state index contributed by atoms with van der Waals surface area (Å²) in [6, 6.07) is 6.21. The van der Waals surface area contributed by atoms with Gasteiger partial charge < -0.3 is 15.4 Å². The van der Waals surface area contributed by atoms with Gasteiger partial charge in [0.05, 0.1) is 10.7 Å². The molecule has 0 saturated heterocycles. The summed E-state index contributed by atoms with van der Waals surface area (Å²) in [6.07, 6.45) is 2.28. The van der Waals surface area contributed by atoms with Gasteiger partial charge in [0.15, 0.2) is 0 Å². The SMILES string of the molecule is O=C(O)C=Cc1cccc(NC(=O)c2cc(Cl)c(Cl)[nH]2)n1. The smallest absolute Gasteiger partial charge is 0.328 e. The Bertz CT molecular complexity index is 706. The summed E-state index contributed by atoms with van der Waals surface area (Å²) in [7, 11) is 0. The third-order valence-corrected chi connectivity index (χ3v) is 3.07. The van der Waals surface area contributed by atoms with Crippen molar-refractivity contribution in [3.8, 4) is 0 Å². The number of aromatic nitrogens is 2. The Morgan fingerprint density at radius 3 is 2.71 bits per heavy atom. The van der Waals surface area contributed by atoms with E-state index < -0.39 is 11.9 Å². The Kier molecular flexibility index (Phi) is 4.62. The van der Waals surface area contributed by atoms with Gasteiger partial charge in [0, 0.05) is 6.08 Å². The van der Waals surface area contributed by atoms with E-state index in [0.29, 0.717) is 5.69 Å². The van der Waals surface area contributed by atoms with Gasteiger partial charge in [-0.15, -0.1) is 0 Å². The fraction of sp³-hybridized carbons (Fsp3) is 0. The maximum Gasteiger partial charge on any atom is 0.328 e. The fourth-order valence-electron chi connectivity index (χ4n) is 1.48. The summed E-state index contributed by atoms with van der Waals surface area (Å²) < 4.78 is 0. The molecule has 2 aromatic rings. The van der Waals surface area contributed by atoms with Crippen molar-refractivity contribution in [2.75, 3.05) is 5.32 Å². The van der Waals surface area contributed by atoms with Crippen LogP contribution in [0.5, 0.6) is 0 Å². The first-order valence-electron chi connectivity index (χ1n) is 5.69. The van der Waals surface area contributed by atoms with Crippen LogP contribution in [-0.4, -0.2) is 27.0 Å². The first kappa shape index (κ1) is 15.1. The molecule has 0 aliphatic heterocycles. The molecule has 2 rings (SSSR count). The quantitative estimate of drug-likeness (QED) is 0.753. The maximum atomic E-state index is 11.9. The third-order valence-electron chi connectivity index (χ3n) is 2.38. The molecule has 0 radical (unpaired) electrons. The Labute approximate surface area is 129 Å². The van der Waals surface area contributed by atoms with Gasteiger partial charge in [0.2, 0.25) is 0 Å². The second kappa shape index (κ2) is 6.43. The average Bonchev–Trinajstić information content (AvgIpc) is 2.77. The minimum atomic E-state index is -1.08. The van der Waals surface area contributed by atoms with E-state index in [4.69, 9.17) is 28.3 Å². The van der Waals surface area contributed by atoms with Crippen LogP contribution in [0.15, 0.2) is 30.3 Å². The minimum absolute atomic E-state index is 0.174. The van der Waals surface area contributed by atoms with E-state index in [0.717, 1.165) is 6.08 Å². The number of amides is 1. The molecule has 0 unspecified atom stereocenters. The standard InChI is InChI=1S/C13H9Cl2N3O3/c14-8-6-9(17-12(8)15)13(21)18-10-3-1-2-7(16-10)4-5-11(19)20/h1-6,17H,(H,19,20)(H,16,18,21). The van der Waals surface area contributed by atoms with E-state index >= 15 is 0 Å². The molecule has 0 aromatic carbocycles. The van der Waals surface area contributed by atoms with Crippen LogP contribution < -0.4 is 5.32 Å². The predicted octanol–water partition coefficient (Wildman–Crippen LogP) is 3.07. The molecule has 0 aliphatic carbocycles. The molecule has 0 atom stereocenters. The highest BCUT2D eigenvalue weighted by molar-refractivity contribution is 6.41. The number of aromatic amines is 1. The highest BCUT2D eigenvalue weighted by Crippen LogP contribution is 2.22. The lowest BCUT2D eigenvalue weighted by atomic mass is 10.3. The monoisotopic (exact) mass is 325 g/mol. The number of H-pyrrole nitrogens is 1. The molecule has 6 nitrogen and oxygen atoms in total. The zero-order chi connectivity index (χ0) is 15.4. The van der Waals surface area contributed by atoms with Crippen molar-refractivity contribution >= 4 is 47.0 Å². The van der Waals surface area contributed by atoms with E-state index in [1.54, 1.807) is 18.2 Å². The Hall–Kier alpha value is -2.31. The number of pyridine rings is 1. The van der Waals surface area contributed by atoms with Gasteiger partial charge in [-0.2, -0.15) is 0 Å². The minimum Gasteiger partial charge on any atom is -0.478 e. The van der Waals surface area contributed by atoms with Crippen LogP contribution in [0.2, 0.25) is 10.2 Å². The fourth-order valence-corrected chi connectivity index (χ4v) is 1.79. The molecule has 21 heavy (non-hydrogen) atoms. The van der Waals surface area contributed by atoms with Crippen LogP contribution >= 0.6 is 23.2 Å². The lowest BCUT2D eigenvalue weighted by Gasteiger charge is -2.03. The summed E-state index contributed by atoms with van der Waals surface area (Å²) in [6.45, 7) is 0. The molecule has 2 heterocycles. The van der Waals surface area contributed by atoms with E-state index in [2.05, 4.69) is 15.3 Å². The van der Waals surface area contributed by atoms with Crippen LogP contribution in [0.4, 0.5) is 5.82 Å². The highest BCUT2D eigenvalue weighted by atomic mass is 35.5. The number of hydrogen-bond acceptors (Lipinski definition) is 3. The zero-order valence-electron chi connectivity index (χ0n) is 10.4. The molecular weight excluding hydrogens is 317 g/mol. The van der Waals surface area contributed by atoms with Crippen molar-refractivity contribution in [3.05, 3.63) is 51.9 Å². The van der Waals surface area contributed by atoms with Gasteiger partial charge in [-0.3, -0.25) is 4.79 Å². The first-order valence-corrected chi connectivity index (χ1v) is 6.45. The number of halogens is 2. The summed E-state index contributed by atoms with van der Waals surface area (Å²) in [5.74, 6) is -1.27. The molecular formula is C13H9Cl2N3O3. The predicted molar refractivity (Wildman–Crippen MR) is 79.7 cm³/mol. The lowest BCUT2D eigenvalue weighted by molar-refractivity contribution is -0.131. The number of rotatable bonds is 4. The molecule has 0 bridgehead atoms. The normalized spacial score (nSPS) is 10.8. The number of carboxylic acid groups (broad SMARTS) is 1. The van der Waals surface area contributed by atoms with Crippen molar-refractivity contribution < 1.29 is 14.7 Å². The number of carbonyl (C=O) groups excluding carboxylic acids is 1. The van der Waals surface area contributed by atoms with Crippen LogP contribution in [0.3, 0.4) is 0 Å². The van der Waals surface area contributed by atoms with Crippen LogP contribution in [0.25, 0.3) is 6.08 Å². The Balaban J connectivity index is 2.14. The number of nitrogens with zero attached hydrogens (tertiary/aromatic N) is 1. The lowest BCUT2D eigenvalue weighted by Crippen LogP contribution is -2.13. The Morgan fingerprint density at radius 1 is 1.33 bits per heavy atom. The van der Waals surface area contributed by atoms with Crippen molar-refractivity contribution in [2.24, 2.45) is 0 Å². The average molecular weight is 326 g/mol. The third kappa shape index (κ3) is 4.08. The highest BCUT2D eigenvalue weighted by Gasteiger charge is 2.12. The summed E-state index contributed by atoms with van der Waals surface area (Å²) >= 11 is 11.5. The second-order valence-corrected chi connectivity index (χ2v) is 4.70. The van der Waals surface area contributed by atoms with E-state index in [1.807, 2.05) is 0 Å². The second-order valence-electron chi connectivity index (χ2n) is 3.92. The van der Waals surface area contributed by atoms with Crippen LogP contribution in [-0.2, 0) is 4.79 Å². The molecule has 0 fully saturated rings. The molecule has 2 aromatic heterocycles. The molecule has 0 saturated carbocycles. The summed E-state index contributed by atoms with van der Waals surface area (Å²) in [5, 5.41) is 11.5. The van der Waals surface area contributed by atoms with Crippen molar-refractivity contribution in [1.82, 2.24) is 9.97 Å². The van der Waals surface area contributed by atoms with Gasteiger partial charge in [-0.25, -0.2) is 9.78 Å². The Morgan fingerprint density at radius 2 is 2.10 bits per heavy atom. The van der Waals surface area contributed by atoms with Gasteiger partial charge in [0.1, 0.15) is 16.7 Å². The van der Waals surface area contributed by atoms with E-state index in [1.165, 1.54) is 12.1 Å². The van der Waals surface area contributed by atoms with Crippen LogP contribution in [0.1, 0.15) is 16.2 Å². The molecule has 0 spiro atoms. The molecule has 1 amide bonds. The molecule has 108 valence electrons. The topological polar surface area (TPSA) is 95.1 Å². The van der Waals surface area contributed by atoms with Gasteiger partial charge in [0.25, 0.3) is 5.91 Å². The zero-order valence-corrected chi connectivity index (χ0v) is 11.9. The van der Waals surface area contributed by atoms with Crippen LogP contribution in [0, 0.1) is 0 Å². The summed E-state index contributed by atoms with van der Waals surface area (Å²) in [5.41, 5.74) is 0.594. The number of carbonyl (C=O) groups is 2. The van der Waals surface area contributed by atoms with Gasteiger partial charge in [-0.05, 0) is 24.3 Å². The molecule has 3 N–H and O–H groups in total. The van der Waals surface area contributed by atoms with Crippen molar-refractivity contribution in [2.45, 2.75) is 0 Å². The first-order chi connectivity index (χ1) is 9.95. The number of anilines is 1. The number of nitrogens with one attached hydrogen (secondary N) is 2. The maximum absolute atomic E-state index is 11.9. The van der Waals surface area contributed by atoms with Crippen molar-refractivity contribution in [3.63, 3.8) is 0 Å². The van der Waals surface area contributed by atoms with E-state index in [9.17, 15) is 9.59 Å². The van der Waals surface area contributed by atoms with Crippen molar-refractivity contribution in [1.29, 1.82) is 0 Å². The van der Waals surface area contributed by atoms with Gasteiger partial charge in [-0.1, -0.05) is 29.3 Å². The van der Waals surface area contributed by atoms with Gasteiger partial charge >= 0.3 is 5.97 Å². The molecule has 0 aliphatic rings. The number of hydrogen-bond donors (Lipinski definition) is 3. The summed E-state index contributed by atoms with van der Waals surface area (Å²) in [4.78, 5) is 29.1. The molecule has 8 heteroatoms. The number of carboxylic acids is 1.